The van der Waals surface area contributed by atoms with Crippen LogP contribution in [0.4, 0.5) is 5.00 Å². The predicted octanol–water partition coefficient (Wildman–Crippen LogP) is 2.15. The lowest BCUT2D eigenvalue weighted by Gasteiger charge is -2.06. The maximum Gasteiger partial charge on any atom is 0.326 e. The van der Waals surface area contributed by atoms with Crippen molar-refractivity contribution in [2.45, 2.75) is 6.54 Å². The molecule has 0 aliphatic heterocycles. The van der Waals surface area contributed by atoms with Crippen molar-refractivity contribution in [2.24, 2.45) is 0 Å². The molecule has 0 atom stereocenters. The lowest BCUT2D eigenvalue weighted by Crippen LogP contribution is -2.22. The van der Waals surface area contributed by atoms with Crippen molar-refractivity contribution >= 4 is 39.2 Å². The number of para-hydroxylation sites is 2. The number of hydrogen-bond donors (Lipinski definition) is 1. The van der Waals surface area contributed by atoms with Crippen LogP contribution in [0.2, 0.25) is 0 Å². The van der Waals surface area contributed by atoms with E-state index in [1.165, 1.54) is 11.3 Å². The summed E-state index contributed by atoms with van der Waals surface area (Å²) in [5.41, 5.74) is 1.98. The molecule has 2 heterocycles. The average molecular weight is 340 g/mol. The zero-order valence-corrected chi connectivity index (χ0v) is 13.2. The molecule has 0 saturated carbocycles. The maximum absolute atomic E-state index is 11.9. The molecule has 24 heavy (non-hydrogen) atoms. The number of carbonyl (C=O) groups is 2. The quantitative estimate of drug-likeness (QED) is 0.718. The number of fused-ring (bicyclic) bond motifs is 1. The second kappa shape index (κ2) is 6.93. The molecule has 0 radical (unpaired) electrons. The SMILES string of the molecule is N#Cc1ccsc1NC(=O)COC(=O)Cn1cnc2ccccc21. The second-order valence-corrected chi connectivity index (χ2v) is 5.76. The molecule has 3 rings (SSSR count). The van der Waals surface area contributed by atoms with Crippen molar-refractivity contribution in [1.82, 2.24) is 9.55 Å². The van der Waals surface area contributed by atoms with E-state index in [2.05, 4.69) is 10.3 Å². The fourth-order valence-electron chi connectivity index (χ4n) is 2.12. The van der Waals surface area contributed by atoms with E-state index in [1.807, 2.05) is 30.3 Å². The van der Waals surface area contributed by atoms with E-state index in [-0.39, 0.29) is 6.54 Å². The third-order valence-electron chi connectivity index (χ3n) is 3.23. The van der Waals surface area contributed by atoms with Gasteiger partial charge in [-0.2, -0.15) is 5.26 Å². The first-order valence-electron chi connectivity index (χ1n) is 7.00. The Morgan fingerprint density at radius 1 is 1.33 bits per heavy atom. The summed E-state index contributed by atoms with van der Waals surface area (Å²) >= 11 is 1.23. The highest BCUT2D eigenvalue weighted by Gasteiger charge is 2.12. The normalized spacial score (nSPS) is 10.3. The van der Waals surface area contributed by atoms with Crippen molar-refractivity contribution in [1.29, 1.82) is 5.26 Å². The van der Waals surface area contributed by atoms with Crippen LogP contribution < -0.4 is 5.32 Å². The van der Waals surface area contributed by atoms with E-state index in [1.54, 1.807) is 22.3 Å². The molecule has 120 valence electrons. The molecule has 0 bridgehead atoms. The maximum atomic E-state index is 11.9. The molecule has 0 fully saturated rings. The number of anilines is 1. The third-order valence-corrected chi connectivity index (χ3v) is 4.06. The van der Waals surface area contributed by atoms with E-state index in [0.29, 0.717) is 10.6 Å². The Bertz CT molecular complexity index is 938. The number of thiophene rings is 1. The molecule has 0 saturated heterocycles. The monoisotopic (exact) mass is 340 g/mol. The molecular formula is C16H12N4O3S. The van der Waals surface area contributed by atoms with Gasteiger partial charge in [-0.25, -0.2) is 4.98 Å². The standard InChI is InChI=1S/C16H12N4O3S/c17-7-11-5-6-24-16(11)19-14(21)9-23-15(22)8-20-10-18-12-3-1-2-4-13(12)20/h1-6,10H,8-9H2,(H,19,21). The number of ether oxygens (including phenoxy) is 1. The van der Waals surface area contributed by atoms with Crippen LogP contribution in [0, 0.1) is 11.3 Å². The summed E-state index contributed by atoms with van der Waals surface area (Å²) < 4.78 is 6.63. The van der Waals surface area contributed by atoms with E-state index >= 15 is 0 Å². The number of nitrogens with one attached hydrogen (secondary N) is 1. The van der Waals surface area contributed by atoms with Crippen LogP contribution in [-0.4, -0.2) is 28.0 Å². The van der Waals surface area contributed by atoms with Crippen LogP contribution in [0.25, 0.3) is 11.0 Å². The number of imidazole rings is 1. The van der Waals surface area contributed by atoms with Gasteiger partial charge in [-0.15, -0.1) is 11.3 Å². The first-order valence-corrected chi connectivity index (χ1v) is 7.88. The number of amides is 1. The fourth-order valence-corrected chi connectivity index (χ4v) is 2.88. The van der Waals surface area contributed by atoms with Gasteiger partial charge in [0.05, 0.1) is 22.9 Å². The minimum atomic E-state index is -0.542. The summed E-state index contributed by atoms with van der Waals surface area (Å²) in [4.78, 5) is 27.9. The van der Waals surface area contributed by atoms with Gasteiger partial charge in [-0.3, -0.25) is 9.59 Å². The highest BCUT2D eigenvalue weighted by Crippen LogP contribution is 2.21. The first-order chi connectivity index (χ1) is 11.7. The van der Waals surface area contributed by atoms with E-state index in [9.17, 15) is 9.59 Å². The molecule has 3 aromatic rings. The van der Waals surface area contributed by atoms with Crippen LogP contribution >= 0.6 is 11.3 Å². The Labute approximate surface area is 141 Å². The van der Waals surface area contributed by atoms with Crippen LogP contribution in [-0.2, 0) is 20.9 Å². The number of rotatable bonds is 5. The Balaban J connectivity index is 1.54. The Kier molecular flexibility index (Phi) is 4.54. The van der Waals surface area contributed by atoms with Crippen LogP contribution in [0.3, 0.4) is 0 Å². The highest BCUT2D eigenvalue weighted by molar-refractivity contribution is 7.14. The molecule has 1 amide bonds. The summed E-state index contributed by atoms with van der Waals surface area (Å²) in [6.45, 7) is -0.440. The number of carbonyl (C=O) groups excluding carboxylic acids is 2. The largest absolute Gasteiger partial charge is 0.454 e. The summed E-state index contributed by atoms with van der Waals surface area (Å²) in [5, 5.41) is 13.6. The molecule has 1 aromatic carbocycles. The number of benzene rings is 1. The average Bonchev–Trinajstić information content (AvgIpc) is 3.20. The van der Waals surface area contributed by atoms with Gasteiger partial charge in [-0.1, -0.05) is 12.1 Å². The van der Waals surface area contributed by atoms with Crippen molar-refractivity contribution in [3.8, 4) is 6.07 Å². The van der Waals surface area contributed by atoms with Crippen molar-refractivity contribution in [3.05, 3.63) is 47.6 Å². The van der Waals surface area contributed by atoms with Crippen molar-refractivity contribution < 1.29 is 14.3 Å². The second-order valence-electron chi connectivity index (χ2n) is 4.85. The van der Waals surface area contributed by atoms with Gasteiger partial charge in [0.2, 0.25) is 0 Å². The van der Waals surface area contributed by atoms with E-state index < -0.39 is 18.5 Å². The van der Waals surface area contributed by atoms with Gasteiger partial charge in [0.25, 0.3) is 5.91 Å². The number of esters is 1. The van der Waals surface area contributed by atoms with Crippen LogP contribution in [0.1, 0.15) is 5.56 Å². The number of nitriles is 1. The first kappa shape index (κ1) is 15.7. The summed E-state index contributed by atoms with van der Waals surface area (Å²) in [6, 6.07) is 11.0. The van der Waals surface area contributed by atoms with Gasteiger partial charge in [0.15, 0.2) is 6.61 Å². The fraction of sp³-hybridized carbons (Fsp3) is 0.125. The molecule has 0 unspecified atom stereocenters. The molecular weight excluding hydrogens is 328 g/mol. The predicted molar refractivity (Wildman–Crippen MR) is 88.4 cm³/mol. The molecule has 0 aliphatic rings. The van der Waals surface area contributed by atoms with Gasteiger partial charge >= 0.3 is 5.97 Å². The molecule has 8 heteroatoms. The van der Waals surface area contributed by atoms with Crippen molar-refractivity contribution in [3.63, 3.8) is 0 Å². The van der Waals surface area contributed by atoms with Gasteiger partial charge < -0.3 is 14.6 Å². The number of nitrogens with zero attached hydrogens (tertiary/aromatic N) is 3. The number of aromatic nitrogens is 2. The molecule has 7 nitrogen and oxygen atoms in total. The van der Waals surface area contributed by atoms with E-state index in [0.717, 1.165) is 11.0 Å². The zero-order chi connectivity index (χ0) is 16.9. The smallest absolute Gasteiger partial charge is 0.326 e. The highest BCUT2D eigenvalue weighted by atomic mass is 32.1. The molecule has 0 spiro atoms. The Morgan fingerprint density at radius 2 is 2.17 bits per heavy atom. The van der Waals surface area contributed by atoms with Gasteiger partial charge in [0, 0.05) is 0 Å². The Morgan fingerprint density at radius 3 is 3.00 bits per heavy atom. The lowest BCUT2D eigenvalue weighted by atomic mass is 10.3. The zero-order valence-electron chi connectivity index (χ0n) is 12.4. The third kappa shape index (κ3) is 3.42. The minimum absolute atomic E-state index is 0.0315. The number of hydrogen-bond acceptors (Lipinski definition) is 6. The molecule has 1 N–H and O–H groups in total. The van der Waals surface area contributed by atoms with Gasteiger partial charge in [-0.05, 0) is 23.6 Å². The summed E-state index contributed by atoms with van der Waals surface area (Å²) in [5.74, 6) is -1.03. The topological polar surface area (TPSA) is 97.0 Å². The molecule has 2 aromatic heterocycles. The van der Waals surface area contributed by atoms with Crippen LogP contribution in [0.15, 0.2) is 42.0 Å². The Hall–Kier alpha value is -3.18. The van der Waals surface area contributed by atoms with Crippen LogP contribution in [0.5, 0.6) is 0 Å². The van der Waals surface area contributed by atoms with Crippen molar-refractivity contribution in [2.75, 3.05) is 11.9 Å². The van der Waals surface area contributed by atoms with E-state index in [4.69, 9.17) is 10.00 Å². The summed E-state index contributed by atoms with van der Waals surface area (Å²) in [7, 11) is 0. The van der Waals surface area contributed by atoms with Gasteiger partial charge in [0.1, 0.15) is 17.6 Å². The molecule has 0 aliphatic carbocycles. The minimum Gasteiger partial charge on any atom is -0.454 e. The summed E-state index contributed by atoms with van der Waals surface area (Å²) in [6.07, 6.45) is 1.55. The lowest BCUT2D eigenvalue weighted by molar-refractivity contribution is -0.147.